The van der Waals surface area contributed by atoms with Crippen LogP contribution in [-0.2, 0) is 13.1 Å². The molecule has 1 aromatic heterocycles. The molecule has 1 saturated heterocycles. The fraction of sp³-hybridized carbons (Fsp3) is 0.520. The molecule has 2 N–H and O–H groups in total. The van der Waals surface area contributed by atoms with Crippen LogP contribution >= 0.6 is 0 Å². The smallest absolute Gasteiger partial charge is 0.191 e. The Morgan fingerprint density at radius 2 is 1.88 bits per heavy atom. The Balaban J connectivity index is 1.36. The van der Waals surface area contributed by atoms with Crippen molar-refractivity contribution in [3.05, 3.63) is 47.7 Å². The zero-order valence-corrected chi connectivity index (χ0v) is 19.3. The van der Waals surface area contributed by atoms with E-state index in [1.54, 1.807) is 14.2 Å². The van der Waals surface area contributed by atoms with Gasteiger partial charge in [-0.3, -0.25) is 4.99 Å². The molecule has 2 aromatic rings. The SMILES string of the molecule is CN=C(NCc1ccnc(N2CCCC2)c1)NCc1cccc(OC)c1OC1CCCC1. The molecule has 0 spiro atoms. The van der Waals surface area contributed by atoms with E-state index in [2.05, 4.69) is 43.7 Å². The van der Waals surface area contributed by atoms with Crippen molar-refractivity contribution in [1.82, 2.24) is 15.6 Å². The number of hydrogen-bond donors (Lipinski definition) is 2. The maximum atomic E-state index is 6.35. The topological polar surface area (TPSA) is 71.0 Å². The lowest BCUT2D eigenvalue weighted by atomic mass is 10.1. The molecule has 172 valence electrons. The molecule has 0 radical (unpaired) electrons. The van der Waals surface area contributed by atoms with Gasteiger partial charge in [0.1, 0.15) is 5.82 Å². The molecule has 2 heterocycles. The van der Waals surface area contributed by atoms with E-state index >= 15 is 0 Å². The van der Waals surface area contributed by atoms with Crippen LogP contribution in [0.15, 0.2) is 41.5 Å². The van der Waals surface area contributed by atoms with Crippen molar-refractivity contribution < 1.29 is 9.47 Å². The highest BCUT2D eigenvalue weighted by Crippen LogP contribution is 2.34. The second kappa shape index (κ2) is 11.1. The molecule has 1 aliphatic carbocycles. The zero-order chi connectivity index (χ0) is 22.2. The molecule has 32 heavy (non-hydrogen) atoms. The van der Waals surface area contributed by atoms with Crippen LogP contribution in [0.25, 0.3) is 0 Å². The Hall–Kier alpha value is -2.96. The number of guanidine groups is 1. The van der Waals surface area contributed by atoms with Crippen LogP contribution in [0.1, 0.15) is 49.7 Å². The van der Waals surface area contributed by atoms with E-state index in [1.165, 1.54) is 31.2 Å². The molecule has 0 bridgehead atoms. The number of para-hydroxylation sites is 1. The number of pyridine rings is 1. The third kappa shape index (κ3) is 5.64. The number of anilines is 1. The summed E-state index contributed by atoms with van der Waals surface area (Å²) in [5.41, 5.74) is 2.26. The zero-order valence-electron chi connectivity index (χ0n) is 19.3. The van der Waals surface area contributed by atoms with Gasteiger partial charge in [0.15, 0.2) is 17.5 Å². The van der Waals surface area contributed by atoms with Crippen LogP contribution in [0.5, 0.6) is 11.5 Å². The molecule has 0 amide bonds. The van der Waals surface area contributed by atoms with Crippen LogP contribution in [0, 0.1) is 0 Å². The molecular weight excluding hydrogens is 402 g/mol. The second-order valence-electron chi connectivity index (χ2n) is 8.47. The second-order valence-corrected chi connectivity index (χ2v) is 8.47. The van der Waals surface area contributed by atoms with Gasteiger partial charge in [0.2, 0.25) is 0 Å². The normalized spacial score (nSPS) is 16.9. The number of ether oxygens (including phenoxy) is 2. The minimum absolute atomic E-state index is 0.277. The van der Waals surface area contributed by atoms with Crippen molar-refractivity contribution in [3.8, 4) is 11.5 Å². The number of hydrogen-bond acceptors (Lipinski definition) is 5. The number of nitrogens with zero attached hydrogens (tertiary/aromatic N) is 3. The van der Waals surface area contributed by atoms with Gasteiger partial charge in [0.25, 0.3) is 0 Å². The van der Waals surface area contributed by atoms with Crippen molar-refractivity contribution in [1.29, 1.82) is 0 Å². The molecule has 1 saturated carbocycles. The lowest BCUT2D eigenvalue weighted by Crippen LogP contribution is -2.36. The Labute approximate surface area is 191 Å². The van der Waals surface area contributed by atoms with E-state index in [9.17, 15) is 0 Å². The van der Waals surface area contributed by atoms with E-state index in [0.717, 1.165) is 54.8 Å². The highest BCUT2D eigenvalue weighted by Gasteiger charge is 2.20. The summed E-state index contributed by atoms with van der Waals surface area (Å²) in [5, 5.41) is 6.84. The van der Waals surface area contributed by atoms with Crippen LogP contribution in [-0.4, -0.2) is 44.3 Å². The summed E-state index contributed by atoms with van der Waals surface area (Å²) in [6.07, 6.45) is 9.35. The maximum absolute atomic E-state index is 6.35. The van der Waals surface area contributed by atoms with Crippen molar-refractivity contribution in [2.24, 2.45) is 4.99 Å². The van der Waals surface area contributed by atoms with Gasteiger partial charge < -0.3 is 25.0 Å². The molecule has 0 atom stereocenters. The van der Waals surface area contributed by atoms with Crippen LogP contribution in [0.2, 0.25) is 0 Å². The average Bonchev–Trinajstić information content (AvgIpc) is 3.55. The first-order valence-electron chi connectivity index (χ1n) is 11.7. The maximum Gasteiger partial charge on any atom is 0.191 e. The third-order valence-electron chi connectivity index (χ3n) is 6.24. The van der Waals surface area contributed by atoms with Crippen LogP contribution in [0.4, 0.5) is 5.82 Å². The Bertz CT molecular complexity index is 905. The van der Waals surface area contributed by atoms with E-state index in [4.69, 9.17) is 9.47 Å². The minimum Gasteiger partial charge on any atom is -0.493 e. The lowest BCUT2D eigenvalue weighted by Gasteiger charge is -2.20. The largest absolute Gasteiger partial charge is 0.493 e. The number of methoxy groups -OCH3 is 1. The predicted molar refractivity (Wildman–Crippen MR) is 129 cm³/mol. The van der Waals surface area contributed by atoms with E-state index in [0.29, 0.717) is 13.1 Å². The van der Waals surface area contributed by atoms with Gasteiger partial charge in [-0.15, -0.1) is 0 Å². The van der Waals surface area contributed by atoms with Crippen molar-refractivity contribution in [2.45, 2.75) is 57.7 Å². The highest BCUT2D eigenvalue weighted by atomic mass is 16.5. The summed E-state index contributed by atoms with van der Waals surface area (Å²) in [7, 11) is 3.48. The number of aliphatic imine (C=N–C) groups is 1. The summed E-state index contributed by atoms with van der Waals surface area (Å²) >= 11 is 0. The quantitative estimate of drug-likeness (QED) is 0.483. The van der Waals surface area contributed by atoms with Crippen molar-refractivity contribution >= 4 is 11.8 Å². The molecule has 4 rings (SSSR count). The highest BCUT2D eigenvalue weighted by molar-refractivity contribution is 5.79. The van der Waals surface area contributed by atoms with Gasteiger partial charge in [-0.05, 0) is 62.3 Å². The van der Waals surface area contributed by atoms with Crippen molar-refractivity contribution in [3.63, 3.8) is 0 Å². The van der Waals surface area contributed by atoms with Gasteiger partial charge in [-0.1, -0.05) is 12.1 Å². The molecule has 2 aliphatic rings. The molecule has 1 aliphatic heterocycles. The first kappa shape index (κ1) is 22.2. The van der Waals surface area contributed by atoms with Gasteiger partial charge in [-0.25, -0.2) is 4.98 Å². The Morgan fingerprint density at radius 3 is 2.62 bits per heavy atom. The van der Waals surface area contributed by atoms with Gasteiger partial charge in [-0.2, -0.15) is 0 Å². The molecule has 7 nitrogen and oxygen atoms in total. The summed E-state index contributed by atoms with van der Waals surface area (Å²) < 4.78 is 11.9. The number of benzene rings is 1. The van der Waals surface area contributed by atoms with E-state index < -0.39 is 0 Å². The van der Waals surface area contributed by atoms with Gasteiger partial charge in [0.05, 0.1) is 13.2 Å². The summed E-state index contributed by atoms with van der Waals surface area (Å²) in [4.78, 5) is 11.3. The molecule has 7 heteroatoms. The van der Waals surface area contributed by atoms with Gasteiger partial charge in [0, 0.05) is 45.0 Å². The summed E-state index contributed by atoms with van der Waals surface area (Å²) in [6.45, 7) is 3.48. The monoisotopic (exact) mass is 437 g/mol. The number of aromatic nitrogens is 1. The van der Waals surface area contributed by atoms with E-state index in [-0.39, 0.29) is 6.10 Å². The number of nitrogens with one attached hydrogen (secondary N) is 2. The molecular formula is C25H35N5O2. The van der Waals surface area contributed by atoms with Crippen LogP contribution in [0.3, 0.4) is 0 Å². The third-order valence-corrected chi connectivity index (χ3v) is 6.24. The summed E-state index contributed by atoms with van der Waals surface area (Å²) in [5.74, 6) is 3.44. The van der Waals surface area contributed by atoms with Gasteiger partial charge >= 0.3 is 0 Å². The first-order chi connectivity index (χ1) is 15.8. The fourth-order valence-corrected chi connectivity index (χ4v) is 4.44. The number of rotatable bonds is 8. The standard InChI is InChI=1S/C25H35N5O2/c1-26-25(28-17-19-12-13-27-23(16-19)30-14-5-6-15-30)29-18-20-8-7-11-22(31-2)24(20)32-21-9-3-4-10-21/h7-8,11-13,16,21H,3-6,9-10,14-15,17-18H2,1-2H3,(H2,26,28,29). The lowest BCUT2D eigenvalue weighted by molar-refractivity contribution is 0.198. The molecule has 0 unspecified atom stereocenters. The van der Waals surface area contributed by atoms with Crippen molar-refractivity contribution in [2.75, 3.05) is 32.1 Å². The average molecular weight is 438 g/mol. The summed E-state index contributed by atoms with van der Waals surface area (Å²) in [6, 6.07) is 10.3. The predicted octanol–water partition coefficient (Wildman–Crippen LogP) is 3.88. The van der Waals surface area contributed by atoms with E-state index in [1.807, 2.05) is 18.3 Å². The minimum atomic E-state index is 0.277. The first-order valence-corrected chi connectivity index (χ1v) is 11.7. The fourth-order valence-electron chi connectivity index (χ4n) is 4.44. The Morgan fingerprint density at radius 1 is 1.09 bits per heavy atom. The molecule has 1 aromatic carbocycles. The van der Waals surface area contributed by atoms with Crippen LogP contribution < -0.4 is 25.0 Å². The molecule has 2 fully saturated rings. The Kier molecular flexibility index (Phi) is 7.69.